The Bertz CT molecular complexity index is 702. The van der Waals surface area contributed by atoms with Crippen LogP contribution in [0.3, 0.4) is 0 Å². The highest BCUT2D eigenvalue weighted by molar-refractivity contribution is 7.89. The molecule has 1 aliphatic rings. The van der Waals surface area contributed by atoms with E-state index in [9.17, 15) is 27.1 Å². The van der Waals surface area contributed by atoms with Gasteiger partial charge in [0.25, 0.3) is 0 Å². The summed E-state index contributed by atoms with van der Waals surface area (Å²) in [6, 6.07) is 1.27. The first kappa shape index (κ1) is 15.8. The molecule has 0 aromatic heterocycles. The van der Waals surface area contributed by atoms with Gasteiger partial charge >= 0.3 is 5.97 Å². The van der Waals surface area contributed by atoms with Gasteiger partial charge in [-0.3, -0.25) is 0 Å². The zero-order valence-corrected chi connectivity index (χ0v) is 11.8. The largest absolute Gasteiger partial charge is 0.477 e. The number of rotatable bonds is 3. The van der Waals surface area contributed by atoms with Crippen molar-refractivity contribution in [1.29, 1.82) is 0 Å². The first-order valence-electron chi connectivity index (χ1n) is 6.00. The number of aromatic carboxylic acids is 1. The van der Waals surface area contributed by atoms with Crippen molar-refractivity contribution in [3.05, 3.63) is 29.3 Å². The van der Waals surface area contributed by atoms with Crippen molar-refractivity contribution in [2.75, 3.05) is 13.1 Å². The molecule has 1 heterocycles. The molecule has 0 saturated carbocycles. The number of aliphatic hydroxyl groups is 1. The number of carboxylic acid groups (broad SMARTS) is 1. The molecule has 1 atom stereocenters. The first-order valence-corrected chi connectivity index (χ1v) is 7.44. The average Bonchev–Trinajstić information content (AvgIpc) is 2.69. The van der Waals surface area contributed by atoms with Crippen molar-refractivity contribution in [3.63, 3.8) is 0 Å². The van der Waals surface area contributed by atoms with Gasteiger partial charge in [-0.25, -0.2) is 22.0 Å². The number of carbonyl (C=O) groups is 1. The highest BCUT2D eigenvalue weighted by atomic mass is 32.2. The zero-order valence-electron chi connectivity index (χ0n) is 11.0. The molecular formula is C12H13F2NO5S. The molecule has 1 aromatic rings. The number of carboxylic acids is 1. The van der Waals surface area contributed by atoms with E-state index in [4.69, 9.17) is 5.11 Å². The van der Waals surface area contributed by atoms with E-state index in [-0.39, 0.29) is 19.5 Å². The van der Waals surface area contributed by atoms with Crippen LogP contribution in [-0.2, 0) is 10.0 Å². The Morgan fingerprint density at radius 1 is 1.38 bits per heavy atom. The van der Waals surface area contributed by atoms with E-state index >= 15 is 0 Å². The van der Waals surface area contributed by atoms with E-state index in [0.717, 1.165) is 4.31 Å². The Balaban J connectivity index is 2.52. The molecule has 116 valence electrons. The van der Waals surface area contributed by atoms with E-state index in [1.165, 1.54) is 6.92 Å². The van der Waals surface area contributed by atoms with Crippen molar-refractivity contribution in [3.8, 4) is 0 Å². The van der Waals surface area contributed by atoms with E-state index in [1.54, 1.807) is 0 Å². The molecule has 0 aliphatic carbocycles. The molecule has 9 heteroatoms. The Hall–Kier alpha value is -1.58. The smallest absolute Gasteiger partial charge is 0.341 e. The highest BCUT2D eigenvalue weighted by Crippen LogP contribution is 2.29. The molecule has 0 bridgehead atoms. The van der Waals surface area contributed by atoms with Crippen LogP contribution in [0.2, 0.25) is 0 Å². The molecule has 2 rings (SSSR count). The van der Waals surface area contributed by atoms with Crippen molar-refractivity contribution < 1.29 is 32.2 Å². The topological polar surface area (TPSA) is 94.9 Å². The molecule has 1 aliphatic heterocycles. The molecule has 0 spiro atoms. The maximum atomic E-state index is 14.0. The van der Waals surface area contributed by atoms with Gasteiger partial charge in [0.2, 0.25) is 10.0 Å². The second kappa shape index (κ2) is 5.00. The lowest BCUT2D eigenvalue weighted by Crippen LogP contribution is -2.34. The Morgan fingerprint density at radius 3 is 2.48 bits per heavy atom. The molecule has 1 aromatic carbocycles. The molecule has 2 N–H and O–H groups in total. The Labute approximate surface area is 119 Å². The minimum absolute atomic E-state index is 0.0332. The third kappa shape index (κ3) is 2.76. The maximum absolute atomic E-state index is 14.0. The van der Waals surface area contributed by atoms with Crippen molar-refractivity contribution >= 4 is 16.0 Å². The number of hydrogen-bond acceptors (Lipinski definition) is 4. The molecule has 21 heavy (non-hydrogen) atoms. The standard InChI is InChI=1S/C12H13F2NO5S/c1-12(18)4-5-15(6-12)21(19,20)8-3-2-7(13)9(10(8)14)11(16)17/h2-3,18H,4-6H2,1H3,(H,16,17). The van der Waals surface area contributed by atoms with Crippen LogP contribution >= 0.6 is 0 Å². The van der Waals surface area contributed by atoms with Crippen LogP contribution in [0.5, 0.6) is 0 Å². The molecular weight excluding hydrogens is 308 g/mol. The van der Waals surface area contributed by atoms with Crippen molar-refractivity contribution in [1.82, 2.24) is 4.31 Å². The third-order valence-corrected chi connectivity index (χ3v) is 5.17. The first-order chi connectivity index (χ1) is 9.56. The van der Waals surface area contributed by atoms with Gasteiger partial charge in [0.15, 0.2) is 5.82 Å². The van der Waals surface area contributed by atoms with Crippen LogP contribution < -0.4 is 0 Å². The van der Waals surface area contributed by atoms with E-state index < -0.39 is 43.7 Å². The quantitative estimate of drug-likeness (QED) is 0.859. The van der Waals surface area contributed by atoms with E-state index in [2.05, 4.69) is 0 Å². The average molecular weight is 321 g/mol. The van der Waals surface area contributed by atoms with Gasteiger partial charge in [0.1, 0.15) is 16.3 Å². The minimum atomic E-state index is -4.34. The lowest BCUT2D eigenvalue weighted by molar-refractivity contribution is 0.0684. The number of β-amino-alcohol motifs (C(OH)–C–C–N with tert-alkyl or cyclic N) is 1. The van der Waals surface area contributed by atoms with Crippen LogP contribution in [0.4, 0.5) is 8.78 Å². The predicted octanol–water partition coefficient (Wildman–Crippen LogP) is 0.808. The lowest BCUT2D eigenvalue weighted by Gasteiger charge is -2.19. The van der Waals surface area contributed by atoms with Gasteiger partial charge in [-0.1, -0.05) is 0 Å². The van der Waals surface area contributed by atoms with Crippen LogP contribution in [0.15, 0.2) is 17.0 Å². The Morgan fingerprint density at radius 2 is 2.00 bits per heavy atom. The minimum Gasteiger partial charge on any atom is -0.477 e. The maximum Gasteiger partial charge on any atom is 0.341 e. The summed E-state index contributed by atoms with van der Waals surface area (Å²) in [4.78, 5) is 9.90. The molecule has 1 fully saturated rings. The highest BCUT2D eigenvalue weighted by Gasteiger charge is 2.40. The summed E-state index contributed by atoms with van der Waals surface area (Å²) >= 11 is 0. The van der Waals surface area contributed by atoms with Gasteiger partial charge in [-0.05, 0) is 25.5 Å². The number of hydrogen-bond donors (Lipinski definition) is 2. The summed E-state index contributed by atoms with van der Waals surface area (Å²) in [5, 5.41) is 18.5. The van der Waals surface area contributed by atoms with Gasteiger partial charge in [-0.2, -0.15) is 4.31 Å². The van der Waals surface area contributed by atoms with Gasteiger partial charge < -0.3 is 10.2 Å². The number of sulfonamides is 1. The van der Waals surface area contributed by atoms with Crippen molar-refractivity contribution in [2.24, 2.45) is 0 Å². The third-order valence-electron chi connectivity index (χ3n) is 3.30. The Kier molecular flexibility index (Phi) is 3.77. The fourth-order valence-electron chi connectivity index (χ4n) is 2.18. The fraction of sp³-hybridized carbons (Fsp3) is 0.417. The van der Waals surface area contributed by atoms with Gasteiger partial charge in [-0.15, -0.1) is 0 Å². The second-order valence-electron chi connectivity index (χ2n) is 5.13. The molecule has 1 unspecified atom stereocenters. The summed E-state index contributed by atoms with van der Waals surface area (Å²) in [5.41, 5.74) is -2.55. The summed E-state index contributed by atoms with van der Waals surface area (Å²) < 4.78 is 52.8. The van der Waals surface area contributed by atoms with Crippen molar-refractivity contribution in [2.45, 2.75) is 23.8 Å². The number of nitrogens with zero attached hydrogens (tertiary/aromatic N) is 1. The molecule has 1 saturated heterocycles. The predicted molar refractivity (Wildman–Crippen MR) is 67.3 cm³/mol. The van der Waals surface area contributed by atoms with E-state index in [1.807, 2.05) is 0 Å². The SMILES string of the molecule is CC1(O)CCN(S(=O)(=O)c2ccc(F)c(C(=O)O)c2F)C1. The van der Waals surface area contributed by atoms with Crippen LogP contribution in [0, 0.1) is 11.6 Å². The second-order valence-corrected chi connectivity index (χ2v) is 7.03. The van der Waals surface area contributed by atoms with Crippen LogP contribution in [-0.4, -0.2) is 47.6 Å². The number of halogens is 2. The normalized spacial score (nSPS) is 23.4. The van der Waals surface area contributed by atoms with Crippen LogP contribution in [0.25, 0.3) is 0 Å². The number of benzene rings is 1. The monoisotopic (exact) mass is 321 g/mol. The summed E-state index contributed by atoms with van der Waals surface area (Å²) in [6.07, 6.45) is 0.167. The summed E-state index contributed by atoms with van der Waals surface area (Å²) in [5.74, 6) is -4.89. The molecule has 0 radical (unpaired) electrons. The fourth-order valence-corrected chi connectivity index (χ4v) is 3.80. The lowest BCUT2D eigenvalue weighted by atomic mass is 10.1. The zero-order chi connectivity index (χ0) is 16.0. The van der Waals surface area contributed by atoms with Crippen LogP contribution in [0.1, 0.15) is 23.7 Å². The summed E-state index contributed by atoms with van der Waals surface area (Å²) in [7, 11) is -4.34. The summed E-state index contributed by atoms with van der Waals surface area (Å²) in [6.45, 7) is 1.16. The molecule has 6 nitrogen and oxygen atoms in total. The van der Waals surface area contributed by atoms with Gasteiger partial charge in [0, 0.05) is 13.1 Å². The van der Waals surface area contributed by atoms with Gasteiger partial charge in [0.05, 0.1) is 5.60 Å². The molecule has 0 amide bonds. The van der Waals surface area contributed by atoms with E-state index in [0.29, 0.717) is 12.1 Å².